The number of ether oxygens (including phenoxy) is 1. The molecule has 0 heterocycles. The fraction of sp³-hybridized carbons (Fsp3) is 0.562. The fourth-order valence-electron chi connectivity index (χ4n) is 1.84. The van der Waals surface area contributed by atoms with Gasteiger partial charge in [0.25, 0.3) is 5.91 Å². The summed E-state index contributed by atoms with van der Waals surface area (Å²) in [6.07, 6.45) is 0.441. The Morgan fingerprint density at radius 1 is 1.25 bits per heavy atom. The summed E-state index contributed by atoms with van der Waals surface area (Å²) >= 11 is 0. The molecule has 0 aliphatic heterocycles. The van der Waals surface area contributed by atoms with Gasteiger partial charge in [-0.15, -0.1) is 0 Å². The summed E-state index contributed by atoms with van der Waals surface area (Å²) in [6.45, 7) is 8.59. The van der Waals surface area contributed by atoms with Crippen molar-refractivity contribution >= 4 is 5.91 Å². The highest BCUT2D eigenvalue weighted by Crippen LogP contribution is 2.24. The number of nitrogens with one attached hydrogen (secondary N) is 1. The Kier molecular flexibility index (Phi) is 6.52. The minimum absolute atomic E-state index is 0.0925. The molecular weight excluding hydrogens is 252 g/mol. The molecule has 3 N–H and O–H groups in total. The van der Waals surface area contributed by atoms with Gasteiger partial charge in [0.05, 0.1) is 0 Å². The lowest BCUT2D eigenvalue weighted by atomic mass is 10.1. The van der Waals surface area contributed by atoms with Crippen LogP contribution in [0.3, 0.4) is 0 Å². The van der Waals surface area contributed by atoms with E-state index in [1.807, 2.05) is 31.2 Å². The minimum Gasteiger partial charge on any atom is -0.481 e. The van der Waals surface area contributed by atoms with E-state index in [0.717, 1.165) is 12.0 Å². The van der Waals surface area contributed by atoms with E-state index in [2.05, 4.69) is 19.2 Å². The Bertz CT molecular complexity index is 430. The average molecular weight is 278 g/mol. The third-order valence-corrected chi connectivity index (χ3v) is 3.10. The van der Waals surface area contributed by atoms with Crippen LogP contribution in [0.4, 0.5) is 0 Å². The van der Waals surface area contributed by atoms with Gasteiger partial charge in [0.15, 0.2) is 6.10 Å². The third-order valence-electron chi connectivity index (χ3n) is 3.10. The highest BCUT2D eigenvalue weighted by atomic mass is 16.5. The Morgan fingerprint density at radius 2 is 1.90 bits per heavy atom. The summed E-state index contributed by atoms with van der Waals surface area (Å²) in [4.78, 5) is 11.9. The van der Waals surface area contributed by atoms with Crippen molar-refractivity contribution < 1.29 is 9.53 Å². The van der Waals surface area contributed by atoms with Gasteiger partial charge in [-0.05, 0) is 32.3 Å². The van der Waals surface area contributed by atoms with Crippen molar-refractivity contribution in [3.63, 3.8) is 0 Å². The van der Waals surface area contributed by atoms with Gasteiger partial charge < -0.3 is 15.8 Å². The van der Waals surface area contributed by atoms with Crippen molar-refractivity contribution in [2.24, 2.45) is 11.7 Å². The maximum Gasteiger partial charge on any atom is 0.260 e. The third kappa shape index (κ3) is 5.21. The molecule has 2 atom stereocenters. The fourth-order valence-corrected chi connectivity index (χ4v) is 1.84. The normalized spacial score (nSPS) is 13.9. The highest BCUT2D eigenvalue weighted by molar-refractivity contribution is 5.80. The molecule has 4 heteroatoms. The van der Waals surface area contributed by atoms with Crippen molar-refractivity contribution in [2.45, 2.75) is 46.3 Å². The van der Waals surface area contributed by atoms with E-state index >= 15 is 0 Å². The summed E-state index contributed by atoms with van der Waals surface area (Å²) in [6, 6.07) is 7.44. The van der Waals surface area contributed by atoms with Gasteiger partial charge in [-0.3, -0.25) is 4.79 Å². The van der Waals surface area contributed by atoms with Gasteiger partial charge >= 0.3 is 0 Å². The van der Waals surface area contributed by atoms with Gasteiger partial charge in [0.1, 0.15) is 5.75 Å². The van der Waals surface area contributed by atoms with E-state index < -0.39 is 6.10 Å². The van der Waals surface area contributed by atoms with Gasteiger partial charge in [-0.1, -0.05) is 32.0 Å². The highest BCUT2D eigenvalue weighted by Gasteiger charge is 2.16. The largest absolute Gasteiger partial charge is 0.481 e. The second-order valence-electron chi connectivity index (χ2n) is 5.56. The van der Waals surface area contributed by atoms with E-state index in [1.165, 1.54) is 0 Å². The van der Waals surface area contributed by atoms with Gasteiger partial charge in [-0.2, -0.15) is 0 Å². The van der Waals surface area contributed by atoms with Gasteiger partial charge in [0, 0.05) is 18.2 Å². The Morgan fingerprint density at radius 3 is 2.50 bits per heavy atom. The zero-order chi connectivity index (χ0) is 15.1. The number of hydrogen-bond donors (Lipinski definition) is 2. The first-order chi connectivity index (χ1) is 9.41. The summed E-state index contributed by atoms with van der Waals surface area (Å²) < 4.78 is 5.73. The molecule has 1 aromatic rings. The van der Waals surface area contributed by atoms with Crippen molar-refractivity contribution in [2.75, 3.05) is 6.54 Å². The molecule has 1 rings (SSSR count). The molecule has 0 radical (unpaired) electrons. The molecule has 112 valence electrons. The predicted octanol–water partition coefficient (Wildman–Crippen LogP) is 2.64. The second kappa shape index (κ2) is 7.90. The van der Waals surface area contributed by atoms with Gasteiger partial charge in [0.2, 0.25) is 0 Å². The van der Waals surface area contributed by atoms with Crippen LogP contribution < -0.4 is 15.8 Å². The predicted molar refractivity (Wildman–Crippen MR) is 81.6 cm³/mol. The molecule has 0 saturated heterocycles. The van der Waals surface area contributed by atoms with E-state index in [0.29, 0.717) is 18.2 Å². The number of nitrogens with two attached hydrogens (primary N) is 1. The number of carbonyl (C=O) groups is 1. The summed E-state index contributed by atoms with van der Waals surface area (Å²) in [5.41, 5.74) is 6.81. The van der Waals surface area contributed by atoms with Gasteiger partial charge in [-0.25, -0.2) is 0 Å². The van der Waals surface area contributed by atoms with Crippen molar-refractivity contribution in [1.82, 2.24) is 5.32 Å². The molecule has 0 saturated carbocycles. The van der Waals surface area contributed by atoms with Crippen LogP contribution in [-0.2, 0) is 4.79 Å². The zero-order valence-electron chi connectivity index (χ0n) is 12.8. The Labute approximate surface area is 121 Å². The molecule has 20 heavy (non-hydrogen) atoms. The number of benzene rings is 1. The topological polar surface area (TPSA) is 64.3 Å². The Hall–Kier alpha value is -1.55. The molecule has 0 aliphatic rings. The number of para-hydroxylation sites is 1. The first kappa shape index (κ1) is 16.5. The van der Waals surface area contributed by atoms with Crippen molar-refractivity contribution in [1.29, 1.82) is 0 Å². The molecule has 0 aromatic heterocycles. The van der Waals surface area contributed by atoms with Crippen LogP contribution in [-0.4, -0.2) is 18.6 Å². The van der Waals surface area contributed by atoms with Crippen molar-refractivity contribution in [3.05, 3.63) is 29.8 Å². The quantitative estimate of drug-likeness (QED) is 0.806. The molecule has 0 bridgehead atoms. The van der Waals surface area contributed by atoms with Crippen LogP contribution in [0.2, 0.25) is 0 Å². The summed E-state index contributed by atoms with van der Waals surface area (Å²) in [5, 5.41) is 2.89. The summed E-state index contributed by atoms with van der Waals surface area (Å²) in [5.74, 6) is 1.16. The zero-order valence-corrected chi connectivity index (χ0v) is 12.8. The smallest absolute Gasteiger partial charge is 0.260 e. The van der Waals surface area contributed by atoms with E-state index in [1.54, 1.807) is 6.92 Å². The molecule has 4 nitrogen and oxygen atoms in total. The molecular formula is C16H26N2O2. The lowest BCUT2D eigenvalue weighted by Crippen LogP contribution is -2.37. The lowest BCUT2D eigenvalue weighted by Gasteiger charge is -2.18. The number of carbonyl (C=O) groups excluding carboxylic acids is 1. The maximum absolute atomic E-state index is 11.9. The first-order valence-corrected chi connectivity index (χ1v) is 7.20. The van der Waals surface area contributed by atoms with Crippen molar-refractivity contribution in [3.8, 4) is 5.75 Å². The SMILES string of the molecule is CC(C)CCNC(=O)C(C)Oc1ccccc1[C@@H](C)N. The summed E-state index contributed by atoms with van der Waals surface area (Å²) in [7, 11) is 0. The average Bonchev–Trinajstić information content (AvgIpc) is 2.38. The maximum atomic E-state index is 11.9. The van der Waals surface area contributed by atoms with Crippen LogP contribution in [0.1, 0.15) is 45.7 Å². The molecule has 0 spiro atoms. The van der Waals surface area contributed by atoms with Crippen LogP contribution in [0, 0.1) is 5.92 Å². The lowest BCUT2D eigenvalue weighted by molar-refractivity contribution is -0.127. The molecule has 1 aromatic carbocycles. The van der Waals surface area contributed by atoms with E-state index in [4.69, 9.17) is 10.5 Å². The molecule has 0 fully saturated rings. The molecule has 1 unspecified atom stereocenters. The number of rotatable bonds is 7. The van der Waals surface area contributed by atoms with Crippen LogP contribution in [0.15, 0.2) is 24.3 Å². The first-order valence-electron chi connectivity index (χ1n) is 7.20. The van der Waals surface area contributed by atoms with E-state index in [-0.39, 0.29) is 11.9 Å². The van der Waals surface area contributed by atoms with Crippen LogP contribution >= 0.6 is 0 Å². The molecule has 0 aliphatic carbocycles. The minimum atomic E-state index is -0.526. The van der Waals surface area contributed by atoms with E-state index in [9.17, 15) is 4.79 Å². The molecule has 1 amide bonds. The number of amides is 1. The monoisotopic (exact) mass is 278 g/mol. The number of hydrogen-bond acceptors (Lipinski definition) is 3. The second-order valence-corrected chi connectivity index (χ2v) is 5.56. The van der Waals surface area contributed by atoms with Crippen LogP contribution in [0.25, 0.3) is 0 Å². The standard InChI is InChI=1S/C16H26N2O2/c1-11(2)9-10-18-16(19)13(4)20-15-8-6-5-7-14(15)12(3)17/h5-8,11-13H,9-10,17H2,1-4H3,(H,18,19)/t12-,13?/m1/s1. The van der Waals surface area contributed by atoms with Crippen LogP contribution in [0.5, 0.6) is 5.75 Å². The Balaban J connectivity index is 2.57.